The molecule has 3 heterocycles. The van der Waals surface area contributed by atoms with Crippen LogP contribution >= 0.6 is 0 Å². The molecule has 3 aromatic rings. The third-order valence-electron chi connectivity index (χ3n) is 4.04. The maximum absolute atomic E-state index is 11.5. The second kappa shape index (κ2) is 8.46. The molecule has 0 saturated heterocycles. The molecule has 28 heavy (non-hydrogen) atoms. The minimum absolute atomic E-state index is 0.0184. The van der Waals surface area contributed by atoms with Crippen molar-refractivity contribution >= 4 is 17.5 Å². The number of aromatic nitrogens is 6. The van der Waals surface area contributed by atoms with Crippen molar-refractivity contribution in [2.45, 2.75) is 45.9 Å². The summed E-state index contributed by atoms with van der Waals surface area (Å²) >= 11 is 0. The Kier molecular flexibility index (Phi) is 5.82. The van der Waals surface area contributed by atoms with Gasteiger partial charge < -0.3 is 10.6 Å². The Bertz CT molecular complexity index is 909. The number of anilines is 2. The van der Waals surface area contributed by atoms with Crippen molar-refractivity contribution in [3.63, 3.8) is 0 Å². The second-order valence-electron chi connectivity index (χ2n) is 6.63. The molecule has 2 N–H and O–H groups in total. The van der Waals surface area contributed by atoms with Gasteiger partial charge in [0.15, 0.2) is 0 Å². The van der Waals surface area contributed by atoms with Gasteiger partial charge in [-0.25, -0.2) is 4.98 Å². The molecule has 3 aromatic heterocycles. The van der Waals surface area contributed by atoms with Crippen molar-refractivity contribution in [1.29, 1.82) is 0 Å². The topological polar surface area (TPSA) is 129 Å². The van der Waals surface area contributed by atoms with Gasteiger partial charge >= 0.3 is 5.69 Å². The molecule has 0 saturated carbocycles. The maximum atomic E-state index is 11.5. The predicted octanol–water partition coefficient (Wildman–Crippen LogP) is 2.09. The number of nitro groups is 1. The van der Waals surface area contributed by atoms with Crippen LogP contribution < -0.4 is 10.6 Å². The van der Waals surface area contributed by atoms with Gasteiger partial charge in [0.25, 0.3) is 0 Å². The minimum atomic E-state index is -0.463. The van der Waals surface area contributed by atoms with Crippen LogP contribution in [0, 0.1) is 17.0 Å². The highest BCUT2D eigenvalue weighted by Gasteiger charge is 2.24. The van der Waals surface area contributed by atoms with Gasteiger partial charge in [0.1, 0.15) is 5.69 Å². The SMILES string of the molecule is Cc1nc(N[C@H](C)Cn2cccn2)nc(N[C@@H](C)Cn2cccn2)c1[N+](=O)[O-]. The normalized spacial score (nSPS) is 13.1. The van der Waals surface area contributed by atoms with Gasteiger partial charge in [-0.15, -0.1) is 0 Å². The Hall–Kier alpha value is -3.50. The lowest BCUT2D eigenvalue weighted by Gasteiger charge is -2.18. The predicted molar refractivity (Wildman–Crippen MR) is 104 cm³/mol. The van der Waals surface area contributed by atoms with E-state index in [9.17, 15) is 10.1 Å². The lowest BCUT2D eigenvalue weighted by atomic mass is 10.3. The van der Waals surface area contributed by atoms with Crippen molar-refractivity contribution in [2.24, 2.45) is 0 Å². The molecule has 0 bridgehead atoms. The van der Waals surface area contributed by atoms with Crippen molar-refractivity contribution in [1.82, 2.24) is 29.5 Å². The van der Waals surface area contributed by atoms with Crippen LogP contribution in [-0.4, -0.2) is 46.5 Å². The van der Waals surface area contributed by atoms with Crippen molar-refractivity contribution in [2.75, 3.05) is 10.6 Å². The fourth-order valence-corrected chi connectivity index (χ4v) is 2.87. The quantitative estimate of drug-likeness (QED) is 0.423. The summed E-state index contributed by atoms with van der Waals surface area (Å²) < 4.78 is 3.55. The van der Waals surface area contributed by atoms with Crippen LogP contribution in [0.15, 0.2) is 36.9 Å². The van der Waals surface area contributed by atoms with E-state index in [-0.39, 0.29) is 23.6 Å². The van der Waals surface area contributed by atoms with Crippen LogP contribution in [0.2, 0.25) is 0 Å². The highest BCUT2D eigenvalue weighted by molar-refractivity contribution is 5.61. The lowest BCUT2D eigenvalue weighted by molar-refractivity contribution is -0.385. The summed E-state index contributed by atoms with van der Waals surface area (Å²) in [4.78, 5) is 19.7. The first-order valence-electron chi connectivity index (χ1n) is 8.93. The van der Waals surface area contributed by atoms with Crippen molar-refractivity contribution < 1.29 is 4.92 Å². The van der Waals surface area contributed by atoms with Gasteiger partial charge in [-0.2, -0.15) is 15.2 Å². The molecule has 0 fully saturated rings. The first-order valence-corrected chi connectivity index (χ1v) is 8.93. The molecule has 0 aliphatic rings. The van der Waals surface area contributed by atoms with Gasteiger partial charge in [-0.05, 0) is 32.9 Å². The number of hydrogen-bond donors (Lipinski definition) is 2. The van der Waals surface area contributed by atoms with Gasteiger partial charge in [0, 0.05) is 36.9 Å². The summed E-state index contributed by atoms with van der Waals surface area (Å²) in [7, 11) is 0. The molecule has 11 heteroatoms. The molecule has 11 nitrogen and oxygen atoms in total. The summed E-state index contributed by atoms with van der Waals surface area (Å²) in [6.45, 7) is 6.65. The number of hydrogen-bond acceptors (Lipinski definition) is 8. The van der Waals surface area contributed by atoms with Crippen LogP contribution in [0.1, 0.15) is 19.5 Å². The summed E-state index contributed by atoms with van der Waals surface area (Å²) in [5, 5.41) is 26.2. The number of nitrogens with zero attached hydrogens (tertiary/aromatic N) is 7. The summed E-state index contributed by atoms with van der Waals surface area (Å²) in [5.74, 6) is 0.516. The van der Waals surface area contributed by atoms with Crippen molar-refractivity contribution in [3.05, 3.63) is 52.7 Å². The lowest BCUT2D eigenvalue weighted by Crippen LogP contribution is -2.26. The fourth-order valence-electron chi connectivity index (χ4n) is 2.87. The fraction of sp³-hybridized carbons (Fsp3) is 0.412. The van der Waals surface area contributed by atoms with Gasteiger partial charge in [0.05, 0.1) is 18.0 Å². The number of rotatable bonds is 9. The zero-order valence-corrected chi connectivity index (χ0v) is 16.0. The standard InChI is InChI=1S/C17H23N9O2/c1-12(10-24-8-4-6-18-24)20-16-15(26(27)28)14(3)22-17(23-16)21-13(2)11-25-9-5-7-19-25/h4-9,12-13H,10-11H2,1-3H3,(H2,20,21,22,23)/t12-,13+/m0/s1. The van der Waals surface area contributed by atoms with Crippen LogP contribution in [0.25, 0.3) is 0 Å². The Balaban J connectivity index is 1.77. The van der Waals surface area contributed by atoms with Gasteiger partial charge in [-0.3, -0.25) is 19.5 Å². The van der Waals surface area contributed by atoms with Crippen LogP contribution in [-0.2, 0) is 13.1 Å². The highest BCUT2D eigenvalue weighted by Crippen LogP contribution is 2.27. The summed E-state index contributed by atoms with van der Waals surface area (Å²) in [5.41, 5.74) is 0.167. The Labute approximate surface area is 162 Å². The molecule has 0 aliphatic heterocycles. The summed E-state index contributed by atoms with van der Waals surface area (Å²) in [6.07, 6.45) is 7.10. The average Bonchev–Trinajstić information content (AvgIpc) is 3.27. The monoisotopic (exact) mass is 385 g/mol. The van der Waals surface area contributed by atoms with Crippen molar-refractivity contribution in [3.8, 4) is 0 Å². The first kappa shape index (κ1) is 19.3. The zero-order valence-electron chi connectivity index (χ0n) is 16.0. The zero-order chi connectivity index (χ0) is 20.1. The molecular weight excluding hydrogens is 362 g/mol. The largest absolute Gasteiger partial charge is 0.360 e. The minimum Gasteiger partial charge on any atom is -0.360 e. The Morgan fingerprint density at radius 3 is 2.11 bits per heavy atom. The van der Waals surface area contributed by atoms with E-state index < -0.39 is 4.92 Å². The molecule has 0 amide bonds. The van der Waals surface area contributed by atoms with E-state index in [0.29, 0.717) is 24.7 Å². The summed E-state index contributed by atoms with van der Waals surface area (Å²) in [6, 6.07) is 3.53. The number of aryl methyl sites for hydroxylation is 1. The molecule has 3 rings (SSSR count). The second-order valence-corrected chi connectivity index (χ2v) is 6.63. The molecule has 148 valence electrons. The first-order chi connectivity index (χ1) is 13.4. The van der Waals surface area contributed by atoms with Gasteiger partial charge in [0.2, 0.25) is 11.8 Å². The van der Waals surface area contributed by atoms with E-state index >= 15 is 0 Å². The van der Waals surface area contributed by atoms with E-state index in [0.717, 1.165) is 0 Å². The Morgan fingerprint density at radius 2 is 1.61 bits per heavy atom. The van der Waals surface area contributed by atoms with E-state index in [1.807, 2.05) is 38.4 Å². The smallest absolute Gasteiger partial charge is 0.332 e. The van der Waals surface area contributed by atoms with E-state index in [1.165, 1.54) is 0 Å². The molecule has 2 atom stereocenters. The van der Waals surface area contributed by atoms with Crippen LogP contribution in [0.3, 0.4) is 0 Å². The molecule has 0 aliphatic carbocycles. The maximum Gasteiger partial charge on any atom is 0.332 e. The number of nitrogens with one attached hydrogen (secondary N) is 2. The average molecular weight is 385 g/mol. The van der Waals surface area contributed by atoms with E-state index in [2.05, 4.69) is 30.8 Å². The molecule has 0 spiro atoms. The Morgan fingerprint density at radius 1 is 1.04 bits per heavy atom. The molecule has 0 radical (unpaired) electrons. The highest BCUT2D eigenvalue weighted by atomic mass is 16.6. The third-order valence-corrected chi connectivity index (χ3v) is 4.04. The molecule has 0 unspecified atom stereocenters. The molecular formula is C17H23N9O2. The van der Waals surface area contributed by atoms with Gasteiger partial charge in [-0.1, -0.05) is 0 Å². The third kappa shape index (κ3) is 4.81. The van der Waals surface area contributed by atoms with Crippen LogP contribution in [0.5, 0.6) is 0 Å². The van der Waals surface area contributed by atoms with E-state index in [1.54, 1.807) is 28.7 Å². The van der Waals surface area contributed by atoms with Crippen LogP contribution in [0.4, 0.5) is 17.5 Å². The van der Waals surface area contributed by atoms with E-state index in [4.69, 9.17) is 0 Å². The molecule has 0 aromatic carbocycles.